The lowest BCUT2D eigenvalue weighted by atomic mass is 10.1. The minimum Gasteiger partial charge on any atom is -0.478 e. The predicted octanol–water partition coefficient (Wildman–Crippen LogP) is 3.58. The molecule has 0 heterocycles. The van der Waals surface area contributed by atoms with Crippen molar-refractivity contribution in [2.75, 3.05) is 5.32 Å². The summed E-state index contributed by atoms with van der Waals surface area (Å²) in [6.07, 6.45) is 0. The molecule has 2 aromatic carbocycles. The Kier molecular flexibility index (Phi) is 3.28. The van der Waals surface area contributed by atoms with Gasteiger partial charge in [0.25, 0.3) is 0 Å². The van der Waals surface area contributed by atoms with Crippen molar-refractivity contribution >= 4 is 17.3 Å². The van der Waals surface area contributed by atoms with Crippen LogP contribution in [0.3, 0.4) is 0 Å². The van der Waals surface area contributed by atoms with E-state index in [2.05, 4.69) is 5.32 Å². The van der Waals surface area contributed by atoms with E-state index in [1.54, 1.807) is 31.2 Å². The molecule has 0 fully saturated rings. The average molecular weight is 245 g/mol. The van der Waals surface area contributed by atoms with Crippen LogP contribution in [0.5, 0.6) is 0 Å². The minimum absolute atomic E-state index is 0.152. The van der Waals surface area contributed by atoms with Crippen molar-refractivity contribution in [1.82, 2.24) is 0 Å². The van der Waals surface area contributed by atoms with Crippen LogP contribution < -0.4 is 5.32 Å². The SMILES string of the molecule is Cc1cc(F)cc(Nc2ccccc2C(=O)O)c1. The lowest BCUT2D eigenvalue weighted by Gasteiger charge is -2.10. The highest BCUT2D eigenvalue weighted by molar-refractivity contribution is 5.95. The maximum atomic E-state index is 13.2. The van der Waals surface area contributed by atoms with Gasteiger partial charge in [0.2, 0.25) is 0 Å². The second-order valence-corrected chi connectivity index (χ2v) is 3.99. The largest absolute Gasteiger partial charge is 0.478 e. The number of rotatable bonds is 3. The van der Waals surface area contributed by atoms with Crippen molar-refractivity contribution in [3.63, 3.8) is 0 Å². The van der Waals surface area contributed by atoms with E-state index in [0.29, 0.717) is 11.4 Å². The number of aromatic carboxylic acids is 1. The minimum atomic E-state index is -1.02. The maximum absolute atomic E-state index is 13.2. The van der Waals surface area contributed by atoms with Gasteiger partial charge in [0.05, 0.1) is 11.3 Å². The summed E-state index contributed by atoms with van der Waals surface area (Å²) in [5.41, 5.74) is 1.89. The molecule has 0 aliphatic heterocycles. The van der Waals surface area contributed by atoms with Crippen molar-refractivity contribution in [2.45, 2.75) is 6.92 Å². The third kappa shape index (κ3) is 2.66. The Bertz CT molecular complexity index is 576. The summed E-state index contributed by atoms with van der Waals surface area (Å²) < 4.78 is 13.2. The van der Waals surface area contributed by atoms with Gasteiger partial charge in [-0.15, -0.1) is 0 Å². The van der Waals surface area contributed by atoms with Gasteiger partial charge in [0, 0.05) is 5.69 Å². The lowest BCUT2D eigenvalue weighted by Crippen LogP contribution is -2.02. The molecule has 2 N–H and O–H groups in total. The fourth-order valence-corrected chi connectivity index (χ4v) is 1.74. The van der Waals surface area contributed by atoms with Gasteiger partial charge in [-0.3, -0.25) is 0 Å². The van der Waals surface area contributed by atoms with Crippen LogP contribution in [0.2, 0.25) is 0 Å². The Morgan fingerprint density at radius 2 is 1.94 bits per heavy atom. The summed E-state index contributed by atoms with van der Waals surface area (Å²) in [5.74, 6) is -1.38. The first kappa shape index (κ1) is 12.1. The molecule has 0 spiro atoms. The number of carboxylic acids is 1. The fraction of sp³-hybridized carbons (Fsp3) is 0.0714. The van der Waals surface area contributed by atoms with E-state index >= 15 is 0 Å². The molecule has 0 unspecified atom stereocenters. The van der Waals surface area contributed by atoms with Crippen LogP contribution in [-0.4, -0.2) is 11.1 Å². The molecule has 18 heavy (non-hydrogen) atoms. The Balaban J connectivity index is 2.37. The van der Waals surface area contributed by atoms with Crippen LogP contribution in [0.15, 0.2) is 42.5 Å². The molecule has 0 radical (unpaired) electrons. The van der Waals surface area contributed by atoms with E-state index in [1.165, 1.54) is 18.2 Å². The van der Waals surface area contributed by atoms with Gasteiger partial charge in [-0.05, 0) is 42.8 Å². The number of carboxylic acid groups (broad SMARTS) is 1. The predicted molar refractivity (Wildman–Crippen MR) is 67.8 cm³/mol. The number of hydrogen-bond acceptors (Lipinski definition) is 2. The van der Waals surface area contributed by atoms with Crippen LogP contribution in [-0.2, 0) is 0 Å². The van der Waals surface area contributed by atoms with Crippen molar-refractivity contribution < 1.29 is 14.3 Å². The standard InChI is InChI=1S/C14H12FNO2/c1-9-6-10(15)8-11(7-9)16-13-5-3-2-4-12(13)14(17)18/h2-8,16H,1H3,(H,17,18). The van der Waals surface area contributed by atoms with Crippen LogP contribution >= 0.6 is 0 Å². The molecule has 0 bridgehead atoms. The molecular formula is C14H12FNO2. The van der Waals surface area contributed by atoms with E-state index < -0.39 is 5.97 Å². The summed E-state index contributed by atoms with van der Waals surface area (Å²) in [6, 6.07) is 11.0. The topological polar surface area (TPSA) is 49.3 Å². The third-order valence-electron chi connectivity index (χ3n) is 2.48. The number of anilines is 2. The maximum Gasteiger partial charge on any atom is 0.337 e. The van der Waals surface area contributed by atoms with Crippen molar-refractivity contribution in [3.8, 4) is 0 Å². The first-order valence-corrected chi connectivity index (χ1v) is 5.43. The monoisotopic (exact) mass is 245 g/mol. The molecule has 92 valence electrons. The number of benzene rings is 2. The molecule has 2 rings (SSSR count). The second kappa shape index (κ2) is 4.87. The molecule has 0 aliphatic carbocycles. The van der Waals surface area contributed by atoms with Gasteiger partial charge in [-0.1, -0.05) is 12.1 Å². The molecular weight excluding hydrogens is 233 g/mol. The molecule has 0 aliphatic rings. The van der Waals surface area contributed by atoms with Crippen LogP contribution in [0.1, 0.15) is 15.9 Å². The molecule has 0 aromatic heterocycles. The molecule has 4 heteroatoms. The summed E-state index contributed by atoms with van der Waals surface area (Å²) in [5, 5.41) is 12.0. The molecule has 0 saturated carbocycles. The van der Waals surface area contributed by atoms with Crippen LogP contribution in [0.4, 0.5) is 15.8 Å². The Hall–Kier alpha value is -2.36. The van der Waals surface area contributed by atoms with Crippen molar-refractivity contribution in [2.24, 2.45) is 0 Å². The van der Waals surface area contributed by atoms with Gasteiger partial charge in [0.15, 0.2) is 0 Å². The zero-order chi connectivity index (χ0) is 13.1. The van der Waals surface area contributed by atoms with Gasteiger partial charge in [-0.2, -0.15) is 0 Å². The van der Waals surface area contributed by atoms with Crippen molar-refractivity contribution in [1.29, 1.82) is 0 Å². The average Bonchev–Trinajstić information content (AvgIpc) is 2.27. The Morgan fingerprint density at radius 1 is 1.22 bits per heavy atom. The molecule has 0 amide bonds. The van der Waals surface area contributed by atoms with Crippen LogP contribution in [0, 0.1) is 12.7 Å². The second-order valence-electron chi connectivity index (χ2n) is 3.99. The van der Waals surface area contributed by atoms with Gasteiger partial charge < -0.3 is 10.4 Å². The Morgan fingerprint density at radius 3 is 2.61 bits per heavy atom. The van der Waals surface area contributed by atoms with E-state index in [0.717, 1.165) is 5.56 Å². The smallest absolute Gasteiger partial charge is 0.337 e. The number of hydrogen-bond donors (Lipinski definition) is 2. The highest BCUT2D eigenvalue weighted by Crippen LogP contribution is 2.22. The fourth-order valence-electron chi connectivity index (χ4n) is 1.74. The first-order valence-electron chi connectivity index (χ1n) is 5.43. The van der Waals surface area contributed by atoms with E-state index in [1.807, 2.05) is 0 Å². The van der Waals surface area contributed by atoms with Gasteiger partial charge in [-0.25, -0.2) is 9.18 Å². The first-order chi connectivity index (χ1) is 8.56. The van der Waals surface area contributed by atoms with Crippen LogP contribution in [0.25, 0.3) is 0 Å². The number of halogens is 1. The normalized spacial score (nSPS) is 10.1. The zero-order valence-corrected chi connectivity index (χ0v) is 9.77. The quantitative estimate of drug-likeness (QED) is 0.869. The Labute approximate surface area is 104 Å². The molecule has 0 saturated heterocycles. The number of para-hydroxylation sites is 1. The third-order valence-corrected chi connectivity index (χ3v) is 2.48. The van der Waals surface area contributed by atoms with Gasteiger partial charge in [0.1, 0.15) is 5.82 Å². The zero-order valence-electron chi connectivity index (χ0n) is 9.77. The summed E-state index contributed by atoms with van der Waals surface area (Å²) in [4.78, 5) is 11.0. The van der Waals surface area contributed by atoms with E-state index in [-0.39, 0.29) is 11.4 Å². The summed E-state index contributed by atoms with van der Waals surface area (Å²) in [7, 11) is 0. The summed E-state index contributed by atoms with van der Waals surface area (Å²) >= 11 is 0. The molecule has 0 atom stereocenters. The van der Waals surface area contributed by atoms with E-state index in [4.69, 9.17) is 5.11 Å². The highest BCUT2D eigenvalue weighted by Gasteiger charge is 2.09. The number of carbonyl (C=O) groups is 1. The highest BCUT2D eigenvalue weighted by atomic mass is 19.1. The molecule has 3 nitrogen and oxygen atoms in total. The van der Waals surface area contributed by atoms with Crippen molar-refractivity contribution in [3.05, 3.63) is 59.4 Å². The summed E-state index contributed by atoms with van der Waals surface area (Å²) in [6.45, 7) is 1.78. The number of aryl methyl sites for hydroxylation is 1. The van der Waals surface area contributed by atoms with E-state index in [9.17, 15) is 9.18 Å². The lowest BCUT2D eigenvalue weighted by molar-refractivity contribution is 0.0698. The van der Waals surface area contributed by atoms with Gasteiger partial charge >= 0.3 is 5.97 Å². The molecule has 2 aromatic rings. The number of nitrogens with one attached hydrogen (secondary N) is 1.